The van der Waals surface area contributed by atoms with Crippen molar-refractivity contribution in [2.75, 3.05) is 33.4 Å². The van der Waals surface area contributed by atoms with E-state index in [9.17, 15) is 9.59 Å². The number of carbonyl (C=O) groups excluding carboxylic acids is 3. The minimum Gasteiger partial charge on any atom is -0.471 e. The molecule has 2 aliphatic heterocycles. The highest BCUT2D eigenvalue weighted by atomic mass is 16.7. The number of aromatic nitrogens is 1. The zero-order chi connectivity index (χ0) is 25.3. The number of carbonyl (C=O) groups is 3. The first-order valence-corrected chi connectivity index (χ1v) is 11.4. The third-order valence-corrected chi connectivity index (χ3v) is 5.79. The predicted octanol–water partition coefficient (Wildman–Crippen LogP) is 2.58. The van der Waals surface area contributed by atoms with Crippen LogP contribution in [0.2, 0.25) is 0 Å². The molecule has 2 amide bonds. The van der Waals surface area contributed by atoms with Crippen LogP contribution in [-0.4, -0.2) is 73.9 Å². The molecule has 2 aromatic carbocycles. The van der Waals surface area contributed by atoms with Gasteiger partial charge in [-0.1, -0.05) is 30.3 Å². The van der Waals surface area contributed by atoms with E-state index in [-0.39, 0.29) is 18.5 Å². The minimum absolute atomic E-state index is 0.0317. The number of ether oxygens (including phenoxy) is 3. The van der Waals surface area contributed by atoms with Crippen LogP contribution in [0.1, 0.15) is 18.9 Å². The van der Waals surface area contributed by atoms with Crippen LogP contribution in [0.5, 0.6) is 0 Å². The fraction of sp³-hybridized carbons (Fsp3) is 0.385. The molecule has 1 spiro atoms. The molecule has 0 aliphatic carbocycles. The molecule has 2 saturated heterocycles. The Labute approximate surface area is 204 Å². The average Bonchev–Trinajstić information content (AvgIpc) is 3.47. The molecule has 0 saturated carbocycles. The van der Waals surface area contributed by atoms with Gasteiger partial charge in [-0.3, -0.25) is 14.4 Å². The Morgan fingerprint density at radius 1 is 1.14 bits per heavy atom. The lowest BCUT2D eigenvalue weighted by molar-refractivity contribution is -0.152. The van der Waals surface area contributed by atoms with Crippen molar-refractivity contribution in [3.63, 3.8) is 0 Å². The van der Waals surface area contributed by atoms with Crippen molar-refractivity contribution in [3.05, 3.63) is 54.1 Å². The van der Waals surface area contributed by atoms with E-state index in [0.29, 0.717) is 39.1 Å². The smallest absolute Gasteiger partial charge is 0.292 e. The Morgan fingerprint density at radius 3 is 2.51 bits per heavy atom. The lowest BCUT2D eigenvalue weighted by Gasteiger charge is -2.22. The Morgan fingerprint density at radius 2 is 1.83 bits per heavy atom. The zero-order valence-corrected chi connectivity index (χ0v) is 20.2. The van der Waals surface area contributed by atoms with Gasteiger partial charge >= 0.3 is 0 Å². The highest BCUT2D eigenvalue weighted by molar-refractivity contribution is 5.92. The van der Waals surface area contributed by atoms with Gasteiger partial charge in [0, 0.05) is 23.2 Å². The van der Waals surface area contributed by atoms with E-state index in [4.69, 9.17) is 14.3 Å². The number of benzene rings is 2. The summed E-state index contributed by atoms with van der Waals surface area (Å²) in [4.78, 5) is 37.2. The summed E-state index contributed by atoms with van der Waals surface area (Å²) in [5.74, 6) is -0.702. The summed E-state index contributed by atoms with van der Waals surface area (Å²) in [5.41, 5.74) is 3.40. The largest absolute Gasteiger partial charge is 0.471 e. The number of nitrogens with zero attached hydrogens (tertiary/aromatic N) is 2. The van der Waals surface area contributed by atoms with E-state index in [1.807, 2.05) is 19.1 Å². The average molecular weight is 482 g/mol. The maximum atomic E-state index is 11.7. The van der Waals surface area contributed by atoms with Crippen molar-refractivity contribution in [2.24, 2.45) is 0 Å². The van der Waals surface area contributed by atoms with Gasteiger partial charge < -0.3 is 24.4 Å². The van der Waals surface area contributed by atoms with Crippen molar-refractivity contribution >= 4 is 40.6 Å². The lowest BCUT2D eigenvalue weighted by Crippen LogP contribution is -2.42. The summed E-state index contributed by atoms with van der Waals surface area (Å²) < 4.78 is 15.0. The van der Waals surface area contributed by atoms with Gasteiger partial charge in [-0.05, 0) is 37.6 Å². The Bertz CT molecular complexity index is 1160. The van der Waals surface area contributed by atoms with Crippen LogP contribution in [0.15, 0.2) is 48.5 Å². The molecule has 0 radical (unpaired) electrons. The van der Waals surface area contributed by atoms with Gasteiger partial charge in [-0.25, -0.2) is 4.98 Å². The lowest BCUT2D eigenvalue weighted by atomic mass is 10.1. The first-order valence-electron chi connectivity index (χ1n) is 11.4. The number of hydrogen-bond donors (Lipinski definition) is 1. The highest BCUT2D eigenvalue weighted by Gasteiger charge is 2.48. The van der Waals surface area contributed by atoms with Crippen molar-refractivity contribution in [3.8, 4) is 0 Å². The first kappa shape index (κ1) is 26.1. The molecule has 9 heteroatoms. The highest BCUT2D eigenvalue weighted by Crippen LogP contribution is 2.34. The number of rotatable bonds is 4. The van der Waals surface area contributed by atoms with Crippen molar-refractivity contribution in [1.29, 1.82) is 0 Å². The molecular formula is C26H31N3O6. The number of likely N-dealkylation sites (tertiary alicyclic amines) is 1. The van der Waals surface area contributed by atoms with Gasteiger partial charge in [0.25, 0.3) is 6.47 Å². The maximum Gasteiger partial charge on any atom is 0.292 e. The van der Waals surface area contributed by atoms with Gasteiger partial charge in [0.05, 0.1) is 44.4 Å². The molecule has 1 unspecified atom stereocenters. The van der Waals surface area contributed by atoms with Gasteiger partial charge in [-0.2, -0.15) is 0 Å². The van der Waals surface area contributed by atoms with E-state index in [2.05, 4.69) is 58.4 Å². The van der Waals surface area contributed by atoms with Crippen LogP contribution < -0.4 is 5.32 Å². The summed E-state index contributed by atoms with van der Waals surface area (Å²) >= 11 is 0. The van der Waals surface area contributed by atoms with E-state index in [1.165, 1.54) is 23.4 Å². The topological polar surface area (TPSA) is 107 Å². The summed E-state index contributed by atoms with van der Waals surface area (Å²) in [5, 5.41) is 4.78. The minimum atomic E-state index is -0.601. The second kappa shape index (κ2) is 12.2. The number of nitrogens with one attached hydrogen (secondary N) is 1. The van der Waals surface area contributed by atoms with Crippen LogP contribution in [0.25, 0.3) is 21.8 Å². The molecule has 1 atom stereocenters. The molecule has 5 rings (SSSR count). The third kappa shape index (κ3) is 6.74. The fourth-order valence-electron chi connectivity index (χ4n) is 4.19. The molecule has 35 heavy (non-hydrogen) atoms. The van der Waals surface area contributed by atoms with Gasteiger partial charge in [0.1, 0.15) is 0 Å². The van der Waals surface area contributed by atoms with Crippen molar-refractivity contribution in [2.45, 2.75) is 32.1 Å². The quantitative estimate of drug-likeness (QED) is 0.451. The number of aryl methyl sites for hydroxylation is 1. The maximum absolute atomic E-state index is 11.7. The van der Waals surface area contributed by atoms with Gasteiger partial charge in [-0.15, -0.1) is 0 Å². The van der Waals surface area contributed by atoms with E-state index >= 15 is 0 Å². The molecule has 3 aromatic rings. The SMILES string of the molecule is CC1CC2(CN1C(=O)CNC=O)OCCO2.COC=O.Cc1ccc2cc3ccccc3nc2c1. The molecule has 3 heterocycles. The number of amides is 2. The normalized spacial score (nSPS) is 17.8. The first-order chi connectivity index (χ1) is 16.9. The second-order valence-corrected chi connectivity index (χ2v) is 8.39. The fourth-order valence-corrected chi connectivity index (χ4v) is 4.19. The van der Waals surface area contributed by atoms with E-state index in [0.717, 1.165) is 11.0 Å². The molecule has 1 aromatic heterocycles. The van der Waals surface area contributed by atoms with E-state index < -0.39 is 5.79 Å². The van der Waals surface area contributed by atoms with Crippen molar-refractivity contribution < 1.29 is 28.6 Å². The van der Waals surface area contributed by atoms with Crippen LogP contribution in [0.3, 0.4) is 0 Å². The van der Waals surface area contributed by atoms with Crippen LogP contribution in [-0.2, 0) is 28.6 Å². The summed E-state index contributed by atoms with van der Waals surface area (Å²) in [7, 11) is 1.31. The Hall–Kier alpha value is -3.56. The monoisotopic (exact) mass is 481 g/mol. The van der Waals surface area contributed by atoms with Crippen LogP contribution in [0, 0.1) is 6.92 Å². The predicted molar refractivity (Wildman–Crippen MR) is 132 cm³/mol. The molecule has 2 fully saturated rings. The number of hydrogen-bond acceptors (Lipinski definition) is 7. The van der Waals surface area contributed by atoms with Gasteiger partial charge in [0.2, 0.25) is 12.3 Å². The number of methoxy groups -OCH3 is 1. The Balaban J connectivity index is 0.000000170. The second-order valence-electron chi connectivity index (χ2n) is 8.39. The third-order valence-electron chi connectivity index (χ3n) is 5.79. The van der Waals surface area contributed by atoms with Crippen LogP contribution in [0.4, 0.5) is 0 Å². The standard InChI is InChI=1S/C14H11N.C10H16N2O4.C2H4O2/c1-10-6-7-12-9-11-4-2-3-5-13(11)15-14(12)8-10;1-8-4-10(15-2-3-16-10)6-12(8)9(14)5-11-7-13;1-4-2-3/h2-9H,1H3;7-8H,2-6H2,1H3,(H,11,13);2H,1H3. The van der Waals surface area contributed by atoms with Gasteiger partial charge in [0.15, 0.2) is 5.79 Å². The van der Waals surface area contributed by atoms with E-state index in [1.54, 1.807) is 4.90 Å². The Kier molecular flexibility index (Phi) is 9.11. The number of fused-ring (bicyclic) bond motifs is 2. The molecule has 0 bridgehead atoms. The zero-order valence-electron chi connectivity index (χ0n) is 20.2. The summed E-state index contributed by atoms with van der Waals surface area (Å²) in [6.07, 6.45) is 1.22. The van der Waals surface area contributed by atoms with Crippen molar-refractivity contribution in [1.82, 2.24) is 15.2 Å². The molecule has 186 valence electrons. The number of pyridine rings is 1. The molecule has 9 nitrogen and oxygen atoms in total. The summed E-state index contributed by atoms with van der Waals surface area (Å²) in [6, 6.07) is 16.9. The molecule has 2 aliphatic rings. The molecular weight excluding hydrogens is 450 g/mol. The summed E-state index contributed by atoms with van der Waals surface area (Å²) in [6.45, 7) is 6.08. The van der Waals surface area contributed by atoms with Crippen LogP contribution >= 0.6 is 0 Å². The number of para-hydroxylation sites is 1. The molecule has 1 N–H and O–H groups in total.